The zero-order valence-corrected chi connectivity index (χ0v) is 16.5. The number of aliphatic hydroxyl groups excluding tert-OH is 1. The molecule has 0 saturated carbocycles. The van der Waals surface area contributed by atoms with Crippen molar-refractivity contribution in [3.05, 3.63) is 98.6 Å². The van der Waals surface area contributed by atoms with Gasteiger partial charge in [0, 0.05) is 20.7 Å². The third-order valence-electron chi connectivity index (χ3n) is 4.10. The van der Waals surface area contributed by atoms with Gasteiger partial charge in [0.25, 0.3) is 0 Å². The second-order valence-corrected chi connectivity index (χ2v) is 7.60. The molecule has 0 bridgehead atoms. The Bertz CT molecular complexity index is 790. The average Bonchev–Trinajstić information content (AvgIpc) is 2.64. The fourth-order valence-electron chi connectivity index (χ4n) is 2.76. The van der Waals surface area contributed by atoms with Crippen LogP contribution in [0.15, 0.2) is 78.9 Å². The molecule has 0 heterocycles. The first-order valence-corrected chi connectivity index (χ1v) is 9.58. The van der Waals surface area contributed by atoms with Gasteiger partial charge in [-0.05, 0) is 70.1 Å². The highest BCUT2D eigenvalue weighted by Gasteiger charge is 2.18. The second kappa shape index (κ2) is 8.70. The molecular formula is C21H19ClINO. The number of halogens is 2. The molecule has 3 rings (SSSR count). The fraction of sp³-hybridized carbons (Fsp3) is 0.143. The van der Waals surface area contributed by atoms with Gasteiger partial charge < -0.3 is 10.4 Å². The van der Waals surface area contributed by atoms with E-state index in [4.69, 9.17) is 11.6 Å². The minimum absolute atomic E-state index is 0.0208. The van der Waals surface area contributed by atoms with Gasteiger partial charge in [0.1, 0.15) is 0 Å². The average molecular weight is 464 g/mol. The van der Waals surface area contributed by atoms with E-state index in [1.54, 1.807) is 0 Å². The van der Waals surface area contributed by atoms with Crippen LogP contribution in [0.3, 0.4) is 0 Å². The first-order valence-electron chi connectivity index (χ1n) is 8.12. The minimum atomic E-state index is -0.543. The van der Waals surface area contributed by atoms with Crippen molar-refractivity contribution >= 4 is 39.9 Å². The van der Waals surface area contributed by atoms with E-state index in [1.807, 2.05) is 54.6 Å². The van der Waals surface area contributed by atoms with Gasteiger partial charge >= 0.3 is 0 Å². The van der Waals surface area contributed by atoms with Gasteiger partial charge in [-0.2, -0.15) is 0 Å². The molecule has 128 valence electrons. The topological polar surface area (TPSA) is 32.3 Å². The number of hydrogen-bond acceptors (Lipinski definition) is 2. The number of anilines is 1. The van der Waals surface area contributed by atoms with E-state index in [2.05, 4.69) is 52.2 Å². The lowest BCUT2D eigenvalue weighted by Gasteiger charge is -2.24. The molecule has 0 aliphatic rings. The fourth-order valence-corrected chi connectivity index (χ4v) is 3.24. The van der Waals surface area contributed by atoms with Crippen molar-refractivity contribution < 1.29 is 5.11 Å². The maximum Gasteiger partial charge on any atom is 0.0812 e. The normalized spacial score (nSPS) is 13.2. The Hall–Kier alpha value is -1.56. The maximum absolute atomic E-state index is 10.7. The van der Waals surface area contributed by atoms with Crippen LogP contribution >= 0.6 is 34.2 Å². The van der Waals surface area contributed by atoms with Crippen molar-refractivity contribution in [1.82, 2.24) is 0 Å². The molecule has 2 N–H and O–H groups in total. The summed E-state index contributed by atoms with van der Waals surface area (Å²) in [6.45, 7) is 0. The zero-order chi connectivity index (χ0) is 17.6. The molecule has 2 unspecified atom stereocenters. The molecule has 0 aliphatic heterocycles. The van der Waals surface area contributed by atoms with Crippen LogP contribution in [0.1, 0.15) is 29.7 Å². The predicted octanol–water partition coefficient (Wildman–Crippen LogP) is 6.22. The van der Waals surface area contributed by atoms with E-state index in [-0.39, 0.29) is 6.04 Å². The van der Waals surface area contributed by atoms with Crippen LogP contribution in [0.25, 0.3) is 0 Å². The van der Waals surface area contributed by atoms with Gasteiger partial charge in [-0.1, -0.05) is 54.1 Å². The van der Waals surface area contributed by atoms with E-state index in [1.165, 1.54) is 3.57 Å². The number of rotatable bonds is 6. The number of benzene rings is 3. The number of nitrogens with one attached hydrogen (secondary N) is 1. The van der Waals surface area contributed by atoms with E-state index in [9.17, 15) is 5.11 Å². The summed E-state index contributed by atoms with van der Waals surface area (Å²) >= 11 is 8.32. The summed E-state index contributed by atoms with van der Waals surface area (Å²) in [7, 11) is 0. The molecule has 2 nitrogen and oxygen atoms in total. The molecule has 0 aromatic heterocycles. The summed E-state index contributed by atoms with van der Waals surface area (Å²) in [5, 5.41) is 14.9. The molecule has 2 atom stereocenters. The molecule has 0 fully saturated rings. The van der Waals surface area contributed by atoms with Crippen molar-refractivity contribution in [3.63, 3.8) is 0 Å². The van der Waals surface area contributed by atoms with E-state index in [0.717, 1.165) is 16.8 Å². The van der Waals surface area contributed by atoms with Crippen LogP contribution in [0, 0.1) is 3.57 Å². The first kappa shape index (κ1) is 18.2. The summed E-state index contributed by atoms with van der Waals surface area (Å²) in [6.07, 6.45) is 0.0238. The molecule has 0 amide bonds. The summed E-state index contributed by atoms with van der Waals surface area (Å²) in [5.74, 6) is 0. The van der Waals surface area contributed by atoms with E-state index >= 15 is 0 Å². The highest BCUT2D eigenvalue weighted by atomic mass is 127. The van der Waals surface area contributed by atoms with Crippen LogP contribution in [-0.4, -0.2) is 5.11 Å². The van der Waals surface area contributed by atoms with Crippen LogP contribution in [0.2, 0.25) is 5.02 Å². The molecule has 3 aromatic carbocycles. The third-order valence-corrected chi connectivity index (χ3v) is 5.07. The Morgan fingerprint density at radius 1 is 0.840 bits per heavy atom. The smallest absolute Gasteiger partial charge is 0.0812 e. The summed E-state index contributed by atoms with van der Waals surface area (Å²) in [5.41, 5.74) is 3.05. The standard InChI is InChI=1S/C21H19ClINO/c22-17-8-6-15(7-9-17)20(24-19-12-10-18(23)11-13-19)14-21(25)16-4-2-1-3-5-16/h1-13,20-21,24-25H,14H2. The second-order valence-electron chi connectivity index (χ2n) is 5.92. The van der Waals surface area contributed by atoms with Crippen LogP contribution in [-0.2, 0) is 0 Å². The van der Waals surface area contributed by atoms with Crippen molar-refractivity contribution in [2.75, 3.05) is 5.32 Å². The SMILES string of the molecule is OC(CC(Nc1ccc(I)cc1)c1ccc(Cl)cc1)c1ccccc1. The minimum Gasteiger partial charge on any atom is -0.388 e. The van der Waals surface area contributed by atoms with Gasteiger partial charge in [0.2, 0.25) is 0 Å². The molecule has 0 aliphatic carbocycles. The van der Waals surface area contributed by atoms with Crippen molar-refractivity contribution in [2.45, 2.75) is 18.6 Å². The summed E-state index contributed by atoms with van der Waals surface area (Å²) in [4.78, 5) is 0. The lowest BCUT2D eigenvalue weighted by atomic mass is 9.96. The van der Waals surface area contributed by atoms with Crippen molar-refractivity contribution in [2.24, 2.45) is 0 Å². The Labute approximate surface area is 167 Å². The van der Waals surface area contributed by atoms with Gasteiger partial charge in [-0.3, -0.25) is 0 Å². The molecular weight excluding hydrogens is 445 g/mol. The van der Waals surface area contributed by atoms with E-state index in [0.29, 0.717) is 11.4 Å². The Morgan fingerprint density at radius 3 is 2.12 bits per heavy atom. The molecule has 0 saturated heterocycles. The van der Waals surface area contributed by atoms with Gasteiger partial charge in [0.05, 0.1) is 12.1 Å². The largest absolute Gasteiger partial charge is 0.388 e. The zero-order valence-electron chi connectivity index (χ0n) is 13.6. The van der Waals surface area contributed by atoms with Crippen molar-refractivity contribution in [3.8, 4) is 0 Å². The Kier molecular flexibility index (Phi) is 6.34. The van der Waals surface area contributed by atoms with Gasteiger partial charge in [-0.25, -0.2) is 0 Å². The van der Waals surface area contributed by atoms with Crippen LogP contribution in [0.4, 0.5) is 5.69 Å². The van der Waals surface area contributed by atoms with Crippen LogP contribution in [0.5, 0.6) is 0 Å². The first-order chi connectivity index (χ1) is 12.1. The molecule has 25 heavy (non-hydrogen) atoms. The molecule has 4 heteroatoms. The number of hydrogen-bond donors (Lipinski definition) is 2. The molecule has 3 aromatic rings. The van der Waals surface area contributed by atoms with Crippen LogP contribution < -0.4 is 5.32 Å². The van der Waals surface area contributed by atoms with E-state index < -0.39 is 6.10 Å². The molecule has 0 radical (unpaired) electrons. The van der Waals surface area contributed by atoms with Crippen molar-refractivity contribution in [1.29, 1.82) is 0 Å². The maximum atomic E-state index is 10.7. The Balaban J connectivity index is 1.83. The summed E-state index contributed by atoms with van der Waals surface area (Å²) < 4.78 is 1.19. The predicted molar refractivity (Wildman–Crippen MR) is 113 cm³/mol. The lowest BCUT2D eigenvalue weighted by molar-refractivity contribution is 0.160. The molecule has 0 spiro atoms. The monoisotopic (exact) mass is 463 g/mol. The highest BCUT2D eigenvalue weighted by Crippen LogP contribution is 2.30. The number of aliphatic hydroxyl groups is 1. The highest BCUT2D eigenvalue weighted by molar-refractivity contribution is 14.1. The lowest BCUT2D eigenvalue weighted by Crippen LogP contribution is -2.15. The van der Waals surface area contributed by atoms with Gasteiger partial charge in [-0.15, -0.1) is 0 Å². The third kappa shape index (κ3) is 5.21. The Morgan fingerprint density at radius 2 is 1.48 bits per heavy atom. The van der Waals surface area contributed by atoms with Gasteiger partial charge in [0.15, 0.2) is 0 Å². The summed E-state index contributed by atoms with van der Waals surface area (Å²) in [6, 6.07) is 25.7. The quantitative estimate of drug-likeness (QED) is 0.425.